The first-order valence-electron chi connectivity index (χ1n) is 26.0. The molecule has 10 aromatic rings. The predicted molar refractivity (Wildman–Crippen MR) is 313 cm³/mol. The first-order chi connectivity index (χ1) is 39.5. The lowest BCUT2D eigenvalue weighted by Crippen LogP contribution is -2.21. The molecule has 0 radical (unpaired) electrons. The zero-order valence-electron chi connectivity index (χ0n) is 45.7. The quantitative estimate of drug-likeness (QED) is 0.103. The van der Waals surface area contributed by atoms with Crippen molar-refractivity contribution < 1.29 is 28.4 Å². The van der Waals surface area contributed by atoms with E-state index in [9.17, 15) is 0 Å². The van der Waals surface area contributed by atoms with Crippen molar-refractivity contribution in [3.8, 4) is 45.9 Å². The maximum absolute atomic E-state index is 5.89. The van der Waals surface area contributed by atoms with Crippen LogP contribution >= 0.6 is 34.8 Å². The molecule has 3 aliphatic rings. The van der Waals surface area contributed by atoms with Crippen LogP contribution in [0.25, 0.3) is 27.9 Å². The first-order valence-corrected chi connectivity index (χ1v) is 27.1. The van der Waals surface area contributed by atoms with Gasteiger partial charge in [-0.05, 0) is 111 Å². The molecule has 3 saturated heterocycles. The topological polar surface area (TPSA) is 238 Å². The van der Waals surface area contributed by atoms with Crippen LogP contribution in [0.15, 0.2) is 104 Å². The summed E-state index contributed by atoms with van der Waals surface area (Å²) in [5.74, 6) is 6.86. The summed E-state index contributed by atoms with van der Waals surface area (Å²) < 4.78 is 41.0. The number of hydrogen-bond donors (Lipinski definition) is 3. The molecule has 3 fully saturated rings. The maximum Gasteiger partial charge on any atom is 0.248 e. The molecule has 4 N–H and O–H groups in total. The average Bonchev–Trinajstić information content (AvgIpc) is 4.39. The molecule has 24 nitrogen and oxygen atoms in total. The fourth-order valence-corrected chi connectivity index (χ4v) is 9.84. The molecule has 27 heteroatoms. The summed E-state index contributed by atoms with van der Waals surface area (Å²) in [6.07, 6.45) is 20.1. The summed E-state index contributed by atoms with van der Waals surface area (Å²) in [7, 11) is 9.47. The average molecular weight is 1170 g/mol. The second-order valence-electron chi connectivity index (χ2n) is 18.3. The zero-order valence-corrected chi connectivity index (χ0v) is 47.9. The van der Waals surface area contributed by atoms with Gasteiger partial charge in [0, 0.05) is 69.0 Å². The SMILES string of the molecule is C1CCNC1.COc1cc(-n2cnc(N)c2)cc(OC)c1OC.COc1cc(-n2cnc(Nc3nc(N4CCCC4)c4cccn4n3)c2)cc(OC)c1OC.Clc1nc(Cl)c2cccn2n1.Clc1nc(N2CCCC2)c2cccn2n1. The van der Waals surface area contributed by atoms with Gasteiger partial charge in [-0.1, -0.05) is 11.6 Å². The summed E-state index contributed by atoms with van der Waals surface area (Å²) >= 11 is 17.2. The highest BCUT2D eigenvalue weighted by molar-refractivity contribution is 6.34. The molecule has 0 saturated carbocycles. The third-order valence-electron chi connectivity index (χ3n) is 13.1. The number of aromatic nitrogens is 13. The first kappa shape index (κ1) is 57.2. The van der Waals surface area contributed by atoms with Crippen molar-refractivity contribution in [2.75, 3.05) is 103 Å². The predicted octanol–water partition coefficient (Wildman–Crippen LogP) is 9.15. The molecule has 13 rings (SSSR count). The minimum absolute atomic E-state index is 0.152. The van der Waals surface area contributed by atoms with Crippen molar-refractivity contribution in [1.82, 2.24) is 68.2 Å². The van der Waals surface area contributed by atoms with Crippen molar-refractivity contribution in [2.24, 2.45) is 0 Å². The fraction of sp³-hybridized carbons (Fsp3) is 0.333. The van der Waals surface area contributed by atoms with E-state index in [0.29, 0.717) is 62.5 Å². The third kappa shape index (κ3) is 13.8. The number of anilines is 5. The molecule has 0 spiro atoms. The Morgan fingerprint density at radius 1 is 0.519 bits per heavy atom. The highest BCUT2D eigenvalue weighted by Gasteiger charge is 2.21. The number of nitrogen functional groups attached to an aromatic ring is 1. The summed E-state index contributed by atoms with van der Waals surface area (Å²) in [4.78, 5) is 25.9. The van der Waals surface area contributed by atoms with Gasteiger partial charge in [-0.2, -0.15) is 9.97 Å². The molecule has 0 aliphatic carbocycles. The standard InChI is InChI=1S/C22H25N7O3.C12H15N3O3.C10H11ClN4.C6H3Cl2N3.C4H9N/c1-30-17-11-15(12-18(31-2)20(17)32-3)28-13-19(23-14-28)24-22-25-21(27-8-4-5-9-27)16-7-6-10-29(16)26-22;1-16-9-4-8(15-6-11(13)14-7-15)5-10(17-2)12(9)18-3;11-10-12-9(14-5-1-2-6-14)8-4-3-7-15(8)13-10;7-5-4-2-1-3-11(4)10-6(8)9-5;1-2-4-5-3-1/h6-7,10-14H,4-5,8-9H2,1-3H3,(H,24,26);4-7H,13H2,1-3H3;3-4,7H,1-2,5-6H2;1-3H;5H,1-4H2. The van der Waals surface area contributed by atoms with E-state index in [1.807, 2.05) is 88.3 Å². The number of hydrogen-bond acceptors (Lipinski definition) is 19. The van der Waals surface area contributed by atoms with Gasteiger partial charge in [0.25, 0.3) is 0 Å². The van der Waals surface area contributed by atoms with Crippen molar-refractivity contribution in [1.29, 1.82) is 0 Å². The van der Waals surface area contributed by atoms with Gasteiger partial charge in [0.1, 0.15) is 35.0 Å². The Hall–Kier alpha value is -8.45. The van der Waals surface area contributed by atoms with Gasteiger partial charge in [-0.15, -0.1) is 15.3 Å². The van der Waals surface area contributed by atoms with E-state index in [-0.39, 0.29) is 5.28 Å². The van der Waals surface area contributed by atoms with Gasteiger partial charge in [-0.25, -0.2) is 28.5 Å². The van der Waals surface area contributed by atoms with Crippen molar-refractivity contribution in [2.45, 2.75) is 38.5 Å². The Morgan fingerprint density at radius 2 is 0.963 bits per heavy atom. The number of rotatable bonds is 12. The van der Waals surface area contributed by atoms with Gasteiger partial charge in [-0.3, -0.25) is 0 Å². The number of imidazole rings is 2. The van der Waals surface area contributed by atoms with Crippen LogP contribution in [0.4, 0.5) is 29.2 Å². The third-order valence-corrected chi connectivity index (χ3v) is 13.7. The van der Waals surface area contributed by atoms with Crippen molar-refractivity contribution in [3.05, 3.63) is 120 Å². The van der Waals surface area contributed by atoms with Crippen LogP contribution < -0.4 is 54.6 Å². The molecular weight excluding hydrogens is 1100 g/mol. The largest absolute Gasteiger partial charge is 0.493 e. The normalized spacial score (nSPS) is 13.6. The van der Waals surface area contributed by atoms with Crippen molar-refractivity contribution in [3.63, 3.8) is 0 Å². The van der Waals surface area contributed by atoms with Gasteiger partial charge >= 0.3 is 0 Å². The van der Waals surface area contributed by atoms with Crippen molar-refractivity contribution >= 4 is 80.6 Å². The number of nitrogens with one attached hydrogen (secondary N) is 2. The van der Waals surface area contributed by atoms with Gasteiger partial charge in [0.15, 0.2) is 45.6 Å². The Bertz CT molecular complexity index is 3600. The molecule has 0 amide bonds. The van der Waals surface area contributed by atoms with Crippen LogP contribution in [0.3, 0.4) is 0 Å². The van der Waals surface area contributed by atoms with E-state index in [4.69, 9.17) is 73.9 Å². The smallest absolute Gasteiger partial charge is 0.248 e. The van der Waals surface area contributed by atoms with Crippen LogP contribution in [0.2, 0.25) is 15.7 Å². The molecule has 3 aliphatic heterocycles. The number of nitrogens with zero attached hydrogens (tertiary/aromatic N) is 15. The maximum atomic E-state index is 5.89. The van der Waals surface area contributed by atoms with E-state index in [1.165, 1.54) is 51.6 Å². The Kier molecular flexibility index (Phi) is 19.2. The minimum atomic E-state index is 0.152. The molecule has 426 valence electrons. The van der Waals surface area contributed by atoms with Crippen LogP contribution in [-0.2, 0) is 0 Å². The molecule has 11 heterocycles. The lowest BCUT2D eigenvalue weighted by molar-refractivity contribution is 0.324. The lowest BCUT2D eigenvalue weighted by Gasteiger charge is -2.18. The number of methoxy groups -OCH3 is 6. The lowest BCUT2D eigenvalue weighted by atomic mass is 10.2. The fourth-order valence-electron chi connectivity index (χ4n) is 9.24. The Morgan fingerprint density at radius 3 is 1.42 bits per heavy atom. The monoisotopic (exact) mass is 1160 g/mol. The molecule has 0 bridgehead atoms. The summed E-state index contributed by atoms with van der Waals surface area (Å²) in [6.45, 7) is 6.64. The molecule has 0 atom stereocenters. The Balaban J connectivity index is 0.000000136. The zero-order chi connectivity index (χ0) is 56.8. The van der Waals surface area contributed by atoms with Crippen LogP contribution in [0.5, 0.6) is 34.5 Å². The second kappa shape index (κ2) is 27.1. The van der Waals surface area contributed by atoms with Gasteiger partial charge < -0.3 is 63.7 Å². The second-order valence-corrected chi connectivity index (χ2v) is 19.3. The summed E-state index contributed by atoms with van der Waals surface area (Å²) in [6, 6.07) is 19.0. The van der Waals surface area contributed by atoms with E-state index in [2.05, 4.69) is 55.7 Å². The van der Waals surface area contributed by atoms with Crippen LogP contribution in [0, 0.1) is 0 Å². The molecule has 0 unspecified atom stereocenters. The van der Waals surface area contributed by atoms with Gasteiger partial charge in [0.2, 0.25) is 28.0 Å². The van der Waals surface area contributed by atoms with Crippen LogP contribution in [0.1, 0.15) is 38.5 Å². The number of nitrogens with two attached hydrogens (primary N) is 1. The highest BCUT2D eigenvalue weighted by Crippen LogP contribution is 2.41. The molecule has 2 aromatic carbocycles. The minimum Gasteiger partial charge on any atom is -0.493 e. The van der Waals surface area contributed by atoms with E-state index in [1.54, 1.807) is 81.3 Å². The van der Waals surface area contributed by atoms with E-state index < -0.39 is 0 Å². The highest BCUT2D eigenvalue weighted by atomic mass is 35.5. The molecule has 81 heavy (non-hydrogen) atoms. The van der Waals surface area contributed by atoms with Gasteiger partial charge in [0.05, 0.1) is 66.4 Å². The van der Waals surface area contributed by atoms with Crippen LogP contribution in [-0.4, -0.2) is 145 Å². The number of halogens is 3. The Labute approximate surface area is 482 Å². The molecular formula is C54H63Cl3N18O6. The number of benzene rings is 2. The summed E-state index contributed by atoms with van der Waals surface area (Å²) in [5, 5.41) is 19.9. The van der Waals surface area contributed by atoms with E-state index in [0.717, 1.165) is 65.7 Å². The van der Waals surface area contributed by atoms with E-state index >= 15 is 0 Å². The number of ether oxygens (including phenoxy) is 6. The summed E-state index contributed by atoms with van der Waals surface area (Å²) in [5.41, 5.74) is 10.0. The number of fused-ring (bicyclic) bond motifs is 3. The molecule has 8 aromatic heterocycles.